The molecule has 0 saturated heterocycles. The van der Waals surface area contributed by atoms with Crippen molar-refractivity contribution in [1.82, 2.24) is 5.32 Å². The van der Waals surface area contributed by atoms with Gasteiger partial charge in [-0.2, -0.15) is 0 Å². The molecule has 0 spiro atoms. The number of hydrogen-bond donors (Lipinski definition) is 5. The Hall–Kier alpha value is -4.17. The van der Waals surface area contributed by atoms with Gasteiger partial charge in [0.05, 0.1) is 12.0 Å². The van der Waals surface area contributed by atoms with Gasteiger partial charge >= 0.3 is 0 Å². The first kappa shape index (κ1) is 26.4. The molecule has 0 unspecified atom stereocenters. The highest BCUT2D eigenvalue weighted by atomic mass is 16.3. The van der Waals surface area contributed by atoms with Crippen LogP contribution in [0.15, 0.2) is 89.9 Å². The lowest BCUT2D eigenvalue weighted by atomic mass is 9.76. The summed E-state index contributed by atoms with van der Waals surface area (Å²) in [4.78, 5) is 31.8. The van der Waals surface area contributed by atoms with Crippen LogP contribution in [0.3, 0.4) is 0 Å². The highest BCUT2D eigenvalue weighted by Gasteiger charge is 2.45. The summed E-state index contributed by atoms with van der Waals surface area (Å²) in [6, 6.07) is 24.6. The molecule has 0 aliphatic carbocycles. The van der Waals surface area contributed by atoms with E-state index in [9.17, 15) is 14.7 Å². The van der Waals surface area contributed by atoms with Crippen molar-refractivity contribution in [1.29, 1.82) is 0 Å². The van der Waals surface area contributed by atoms with Gasteiger partial charge in [0.25, 0.3) is 0 Å². The molecule has 3 aromatic rings. The number of benzene rings is 3. The lowest BCUT2D eigenvalue weighted by molar-refractivity contribution is -0.137. The molecule has 8 heteroatoms. The zero-order chi connectivity index (χ0) is 26.1. The molecule has 0 fully saturated rings. The van der Waals surface area contributed by atoms with Crippen LogP contribution in [0.1, 0.15) is 48.4 Å². The van der Waals surface area contributed by atoms with Gasteiger partial charge in [-0.1, -0.05) is 72.8 Å². The summed E-state index contributed by atoms with van der Waals surface area (Å²) in [6.45, 7) is 2.02. The molecule has 0 aliphatic rings. The molecule has 2 atom stereocenters. The Kier molecular flexibility index (Phi) is 8.81. The van der Waals surface area contributed by atoms with E-state index >= 15 is 0 Å². The molecular weight excluding hydrogens is 454 g/mol. The monoisotopic (exact) mass is 487 g/mol. The summed E-state index contributed by atoms with van der Waals surface area (Å²) in [7, 11) is 0. The number of Topliss-reactive ketones (excluding diaryl/α,β-unsaturated/α-hetero) is 1. The van der Waals surface area contributed by atoms with Gasteiger partial charge in [0.2, 0.25) is 5.91 Å². The van der Waals surface area contributed by atoms with E-state index in [1.807, 2.05) is 60.7 Å². The van der Waals surface area contributed by atoms with Crippen LogP contribution in [0, 0.1) is 0 Å². The number of carbonyl (C=O) groups excluding carboxylic acids is 2. The molecule has 0 bridgehead atoms. The first-order valence-electron chi connectivity index (χ1n) is 11.8. The third kappa shape index (κ3) is 6.49. The molecule has 8 nitrogen and oxygen atoms in total. The molecule has 3 rings (SSSR count). The summed E-state index contributed by atoms with van der Waals surface area (Å²) in [6.07, 6.45) is 0.379. The van der Waals surface area contributed by atoms with Crippen molar-refractivity contribution in [3.05, 3.63) is 102 Å². The van der Waals surface area contributed by atoms with Crippen molar-refractivity contribution in [2.75, 3.05) is 6.54 Å². The highest BCUT2D eigenvalue weighted by Crippen LogP contribution is 2.31. The van der Waals surface area contributed by atoms with Crippen LogP contribution in [0.5, 0.6) is 5.75 Å². The first-order chi connectivity index (χ1) is 17.2. The van der Waals surface area contributed by atoms with Crippen LogP contribution in [0.2, 0.25) is 0 Å². The second kappa shape index (κ2) is 12.0. The Morgan fingerprint density at radius 2 is 1.42 bits per heavy atom. The topological polar surface area (TPSA) is 157 Å². The predicted octanol–water partition coefficient (Wildman–Crippen LogP) is 2.72. The third-order valence-electron chi connectivity index (χ3n) is 6.14. The number of nitrogens with zero attached hydrogens (tertiary/aromatic N) is 1. The number of nitrogens with two attached hydrogens (primary N) is 3. The first-order valence-corrected chi connectivity index (χ1v) is 11.8. The standard InChI is InChI=1S/C28H33N5O3/c1-19(20-13-15-23(34)16-14-20)33-26(36)28(31,17-8-18-32-27(29)30)25(35)24(21-9-4-2-5-10-21)22-11-6-3-7-12-22/h2-7,9-16,19,24,34H,8,17-18,31H2,1H3,(H,33,36)(H4,29,30,32)/t19-,28+/m0/s1. The molecule has 0 radical (unpaired) electrons. The van der Waals surface area contributed by atoms with Gasteiger partial charge in [0.15, 0.2) is 17.3 Å². The number of hydrogen-bond acceptors (Lipinski definition) is 5. The zero-order valence-corrected chi connectivity index (χ0v) is 20.3. The Morgan fingerprint density at radius 1 is 0.889 bits per heavy atom. The quantitative estimate of drug-likeness (QED) is 0.121. The Balaban J connectivity index is 1.97. The van der Waals surface area contributed by atoms with Gasteiger partial charge < -0.3 is 27.6 Å². The van der Waals surface area contributed by atoms with E-state index < -0.39 is 29.2 Å². The number of carbonyl (C=O) groups is 2. The van der Waals surface area contributed by atoms with Gasteiger partial charge in [0, 0.05) is 6.54 Å². The van der Waals surface area contributed by atoms with Crippen molar-refractivity contribution < 1.29 is 14.7 Å². The minimum atomic E-state index is -1.85. The predicted molar refractivity (Wildman–Crippen MR) is 141 cm³/mol. The lowest BCUT2D eigenvalue weighted by Gasteiger charge is -2.32. The summed E-state index contributed by atoms with van der Waals surface area (Å²) >= 11 is 0. The number of aliphatic imine (C=N–C) groups is 1. The van der Waals surface area contributed by atoms with E-state index in [0.29, 0.717) is 6.42 Å². The number of ketones is 1. The summed E-state index contributed by atoms with van der Waals surface area (Å²) in [5.74, 6) is -1.69. The van der Waals surface area contributed by atoms with E-state index in [-0.39, 0.29) is 24.7 Å². The number of guanidine groups is 1. The number of nitrogens with one attached hydrogen (secondary N) is 1. The maximum atomic E-state index is 14.2. The average Bonchev–Trinajstić information content (AvgIpc) is 2.88. The molecule has 0 aromatic heterocycles. The number of phenols is 1. The van der Waals surface area contributed by atoms with E-state index in [4.69, 9.17) is 17.2 Å². The van der Waals surface area contributed by atoms with Crippen molar-refractivity contribution in [2.24, 2.45) is 22.2 Å². The molecule has 1 amide bonds. The number of phenolic OH excluding ortho intramolecular Hbond substituents is 1. The molecule has 3 aromatic carbocycles. The number of rotatable bonds is 11. The van der Waals surface area contributed by atoms with Crippen LogP contribution in [0.4, 0.5) is 0 Å². The summed E-state index contributed by atoms with van der Waals surface area (Å²) < 4.78 is 0. The minimum absolute atomic E-state index is 0.0485. The minimum Gasteiger partial charge on any atom is -0.508 e. The van der Waals surface area contributed by atoms with Crippen molar-refractivity contribution in [3.63, 3.8) is 0 Å². The van der Waals surface area contributed by atoms with Crippen molar-refractivity contribution in [2.45, 2.75) is 37.3 Å². The van der Waals surface area contributed by atoms with Crippen molar-refractivity contribution in [3.8, 4) is 5.75 Å². The SMILES string of the molecule is C[C@H](NC(=O)[C@@](N)(CCCN=C(N)N)C(=O)C(c1ccccc1)c1ccccc1)c1ccc(O)cc1. The molecule has 8 N–H and O–H groups in total. The van der Waals surface area contributed by atoms with Crippen molar-refractivity contribution >= 4 is 17.6 Å². The maximum absolute atomic E-state index is 14.2. The molecule has 36 heavy (non-hydrogen) atoms. The van der Waals surface area contributed by atoms with E-state index in [1.165, 1.54) is 12.1 Å². The average molecular weight is 488 g/mol. The molecule has 0 heterocycles. The fourth-order valence-electron chi connectivity index (χ4n) is 4.13. The fraction of sp³-hybridized carbons (Fsp3) is 0.250. The zero-order valence-electron chi connectivity index (χ0n) is 20.3. The van der Waals surface area contributed by atoms with Gasteiger partial charge in [0.1, 0.15) is 5.75 Å². The molecular formula is C28H33N5O3. The maximum Gasteiger partial charge on any atom is 0.248 e. The fourth-order valence-corrected chi connectivity index (χ4v) is 4.13. The number of amides is 1. The lowest BCUT2D eigenvalue weighted by Crippen LogP contribution is -2.61. The van der Waals surface area contributed by atoms with E-state index in [1.54, 1.807) is 19.1 Å². The van der Waals surface area contributed by atoms with Gasteiger partial charge in [-0.3, -0.25) is 14.6 Å². The van der Waals surface area contributed by atoms with Crippen LogP contribution in [0.25, 0.3) is 0 Å². The largest absolute Gasteiger partial charge is 0.508 e. The molecule has 0 aliphatic heterocycles. The Morgan fingerprint density at radius 3 is 1.92 bits per heavy atom. The van der Waals surface area contributed by atoms with E-state index in [2.05, 4.69) is 10.3 Å². The summed E-state index contributed by atoms with van der Waals surface area (Å²) in [5.41, 5.74) is 18.0. The Labute approximate surface area is 211 Å². The Bertz CT molecular complexity index is 1140. The van der Waals surface area contributed by atoms with Crippen LogP contribution in [-0.2, 0) is 9.59 Å². The second-order valence-corrected chi connectivity index (χ2v) is 8.79. The van der Waals surface area contributed by atoms with Gasteiger partial charge in [-0.15, -0.1) is 0 Å². The third-order valence-corrected chi connectivity index (χ3v) is 6.14. The molecule has 0 saturated carbocycles. The van der Waals surface area contributed by atoms with Crippen LogP contribution < -0.4 is 22.5 Å². The van der Waals surface area contributed by atoms with Crippen LogP contribution >= 0.6 is 0 Å². The second-order valence-electron chi connectivity index (χ2n) is 8.79. The summed E-state index contributed by atoms with van der Waals surface area (Å²) in [5, 5.41) is 12.5. The van der Waals surface area contributed by atoms with Gasteiger partial charge in [-0.05, 0) is 48.6 Å². The number of aromatic hydroxyl groups is 1. The van der Waals surface area contributed by atoms with E-state index in [0.717, 1.165) is 16.7 Å². The molecule has 188 valence electrons. The van der Waals surface area contributed by atoms with Crippen LogP contribution in [-0.4, -0.2) is 34.8 Å². The normalized spacial score (nSPS) is 13.4. The smallest absolute Gasteiger partial charge is 0.248 e. The van der Waals surface area contributed by atoms with Gasteiger partial charge in [-0.25, -0.2) is 0 Å². The highest BCUT2D eigenvalue weighted by molar-refractivity contribution is 6.14.